The number of hydrogen-bond donors (Lipinski definition) is 2. The summed E-state index contributed by atoms with van der Waals surface area (Å²) < 4.78 is 4.91. The van der Waals surface area contributed by atoms with E-state index in [-0.39, 0.29) is 11.9 Å². The molecule has 1 aliphatic rings. The molecular formula is C13H14N4O3S. The van der Waals surface area contributed by atoms with Gasteiger partial charge in [-0.25, -0.2) is 4.79 Å². The molecule has 2 N–H and O–H groups in total. The molecule has 2 aromatic rings. The van der Waals surface area contributed by atoms with Gasteiger partial charge in [-0.05, 0) is 18.4 Å². The lowest BCUT2D eigenvalue weighted by atomic mass is 10.1. The third-order valence-corrected chi connectivity index (χ3v) is 4.07. The maximum atomic E-state index is 12.4. The minimum absolute atomic E-state index is 0.171. The first kappa shape index (κ1) is 13.6. The van der Waals surface area contributed by atoms with Gasteiger partial charge in [-0.1, -0.05) is 11.2 Å². The van der Waals surface area contributed by atoms with Crippen molar-refractivity contribution in [1.82, 2.24) is 15.4 Å². The fourth-order valence-electron chi connectivity index (χ4n) is 2.22. The summed E-state index contributed by atoms with van der Waals surface area (Å²) in [5, 5.41) is 11.0. The fourth-order valence-corrected chi connectivity index (χ4v) is 3.06. The first-order valence-corrected chi connectivity index (χ1v) is 7.35. The summed E-state index contributed by atoms with van der Waals surface area (Å²) >= 11 is 1.45. The van der Waals surface area contributed by atoms with Crippen LogP contribution in [0.15, 0.2) is 28.1 Å². The van der Waals surface area contributed by atoms with Crippen molar-refractivity contribution in [2.24, 2.45) is 0 Å². The number of aromatic nitrogens is 1. The molecule has 1 atom stereocenters. The number of hydrogen-bond acceptors (Lipinski definition) is 5. The fraction of sp³-hybridized carbons (Fsp3) is 0.308. The number of piperazine rings is 1. The van der Waals surface area contributed by atoms with E-state index < -0.39 is 6.04 Å². The van der Waals surface area contributed by atoms with E-state index >= 15 is 0 Å². The quantitative estimate of drug-likeness (QED) is 0.885. The number of urea groups is 1. The van der Waals surface area contributed by atoms with Crippen molar-refractivity contribution in [2.45, 2.75) is 13.0 Å². The second-order valence-corrected chi connectivity index (χ2v) is 5.63. The summed E-state index contributed by atoms with van der Waals surface area (Å²) in [5.41, 5.74) is 0. The third kappa shape index (κ3) is 2.75. The van der Waals surface area contributed by atoms with Gasteiger partial charge >= 0.3 is 6.03 Å². The van der Waals surface area contributed by atoms with Crippen LogP contribution < -0.4 is 10.6 Å². The average Bonchev–Trinajstić information content (AvgIpc) is 3.10. The molecule has 3 rings (SSSR count). The number of aryl methyl sites for hydroxylation is 1. The Bertz CT molecular complexity index is 652. The molecule has 0 spiro atoms. The van der Waals surface area contributed by atoms with Gasteiger partial charge in [0, 0.05) is 24.0 Å². The van der Waals surface area contributed by atoms with Crippen LogP contribution in [-0.2, 0) is 4.79 Å². The molecule has 1 unspecified atom stereocenters. The molecule has 1 saturated heterocycles. The summed E-state index contributed by atoms with van der Waals surface area (Å²) in [6.45, 7) is 2.62. The van der Waals surface area contributed by atoms with Gasteiger partial charge in [-0.2, -0.15) is 0 Å². The maximum absolute atomic E-state index is 12.4. The normalized spacial score (nSPS) is 18.4. The smallest absolute Gasteiger partial charge is 0.324 e. The van der Waals surface area contributed by atoms with Gasteiger partial charge in [0.25, 0.3) is 0 Å². The summed E-state index contributed by atoms with van der Waals surface area (Å²) in [7, 11) is 0. The van der Waals surface area contributed by atoms with E-state index in [4.69, 9.17) is 4.52 Å². The first-order chi connectivity index (χ1) is 10.1. The molecule has 0 saturated carbocycles. The van der Waals surface area contributed by atoms with Crippen molar-refractivity contribution in [3.05, 3.63) is 34.2 Å². The predicted octanol–water partition coefficient (Wildman–Crippen LogP) is 1.75. The second kappa shape index (κ2) is 5.57. The number of nitrogens with zero attached hydrogens (tertiary/aromatic N) is 2. The summed E-state index contributed by atoms with van der Waals surface area (Å²) in [6.07, 6.45) is 0. The van der Waals surface area contributed by atoms with Crippen molar-refractivity contribution in [2.75, 3.05) is 18.4 Å². The van der Waals surface area contributed by atoms with E-state index in [1.54, 1.807) is 13.0 Å². The van der Waals surface area contributed by atoms with E-state index in [2.05, 4.69) is 15.8 Å². The minimum Gasteiger partial charge on any atom is -0.360 e. The number of amides is 3. The van der Waals surface area contributed by atoms with E-state index in [9.17, 15) is 9.59 Å². The van der Waals surface area contributed by atoms with Crippen LogP contribution in [0.2, 0.25) is 0 Å². The third-order valence-electron chi connectivity index (χ3n) is 3.15. The number of nitrogens with one attached hydrogen (secondary N) is 2. The number of rotatable bonds is 2. The lowest BCUT2D eigenvalue weighted by molar-refractivity contribution is -0.127. The van der Waals surface area contributed by atoms with Gasteiger partial charge in [0.15, 0.2) is 5.82 Å². The maximum Gasteiger partial charge on any atom is 0.324 e. The highest BCUT2D eigenvalue weighted by atomic mass is 32.1. The molecule has 2 aromatic heterocycles. The molecule has 1 aliphatic heterocycles. The molecule has 21 heavy (non-hydrogen) atoms. The Labute approximate surface area is 124 Å². The van der Waals surface area contributed by atoms with Crippen LogP contribution in [0, 0.1) is 6.92 Å². The lowest BCUT2D eigenvalue weighted by Gasteiger charge is -2.34. The molecule has 3 amide bonds. The van der Waals surface area contributed by atoms with Crippen LogP contribution in [0.5, 0.6) is 0 Å². The molecule has 8 heteroatoms. The Kier molecular flexibility index (Phi) is 3.61. The van der Waals surface area contributed by atoms with Gasteiger partial charge in [0.05, 0.1) is 0 Å². The first-order valence-electron chi connectivity index (χ1n) is 6.47. The number of carbonyl (C=O) groups is 2. The van der Waals surface area contributed by atoms with Crippen molar-refractivity contribution in [3.8, 4) is 0 Å². The van der Waals surface area contributed by atoms with Gasteiger partial charge in [-0.3, -0.25) is 10.1 Å². The molecule has 7 nitrogen and oxygen atoms in total. The summed E-state index contributed by atoms with van der Waals surface area (Å²) in [6, 6.07) is 4.37. The van der Waals surface area contributed by atoms with Crippen LogP contribution in [0.4, 0.5) is 10.6 Å². The van der Waals surface area contributed by atoms with Crippen LogP contribution in [-0.4, -0.2) is 35.1 Å². The lowest BCUT2D eigenvalue weighted by Crippen LogP contribution is -2.53. The molecule has 0 aliphatic carbocycles. The van der Waals surface area contributed by atoms with Gasteiger partial charge < -0.3 is 14.7 Å². The molecule has 1 fully saturated rings. The standard InChI is InChI=1S/C13H14N4O3S/c1-8-7-10(16-20-8)15-13(19)17-5-4-14-12(18)11(17)9-3-2-6-21-9/h2-3,6-7,11H,4-5H2,1H3,(H,14,18)(H,15,16,19). The van der Waals surface area contributed by atoms with Crippen molar-refractivity contribution in [3.63, 3.8) is 0 Å². The van der Waals surface area contributed by atoms with E-state index in [1.165, 1.54) is 16.2 Å². The van der Waals surface area contributed by atoms with Crippen LogP contribution in [0.25, 0.3) is 0 Å². The van der Waals surface area contributed by atoms with Crippen molar-refractivity contribution in [1.29, 1.82) is 0 Å². The number of thiophene rings is 1. The Morgan fingerprint density at radius 3 is 3.14 bits per heavy atom. The molecular weight excluding hydrogens is 292 g/mol. The highest BCUT2D eigenvalue weighted by molar-refractivity contribution is 7.10. The van der Waals surface area contributed by atoms with Crippen LogP contribution in [0.1, 0.15) is 16.7 Å². The highest BCUT2D eigenvalue weighted by Crippen LogP contribution is 2.27. The SMILES string of the molecule is Cc1cc(NC(=O)N2CCNC(=O)C2c2cccs2)no1. The summed E-state index contributed by atoms with van der Waals surface area (Å²) in [4.78, 5) is 26.8. The van der Waals surface area contributed by atoms with E-state index in [0.717, 1.165) is 4.88 Å². The Hall–Kier alpha value is -2.35. The Morgan fingerprint density at radius 2 is 2.48 bits per heavy atom. The zero-order chi connectivity index (χ0) is 14.8. The Balaban J connectivity index is 1.80. The van der Waals surface area contributed by atoms with Gasteiger partial charge in [0.1, 0.15) is 11.8 Å². The topological polar surface area (TPSA) is 87.5 Å². The number of carbonyl (C=O) groups excluding carboxylic acids is 2. The molecule has 0 radical (unpaired) electrons. The van der Waals surface area contributed by atoms with Crippen molar-refractivity contribution < 1.29 is 14.1 Å². The average molecular weight is 306 g/mol. The predicted molar refractivity (Wildman–Crippen MR) is 77.0 cm³/mol. The zero-order valence-corrected chi connectivity index (χ0v) is 12.1. The van der Waals surface area contributed by atoms with Crippen LogP contribution in [0.3, 0.4) is 0 Å². The molecule has 0 aromatic carbocycles. The highest BCUT2D eigenvalue weighted by Gasteiger charge is 2.35. The van der Waals surface area contributed by atoms with Gasteiger partial charge in [-0.15, -0.1) is 11.3 Å². The van der Waals surface area contributed by atoms with E-state index in [1.807, 2.05) is 17.5 Å². The zero-order valence-electron chi connectivity index (χ0n) is 11.3. The van der Waals surface area contributed by atoms with E-state index in [0.29, 0.717) is 24.7 Å². The number of anilines is 1. The largest absolute Gasteiger partial charge is 0.360 e. The van der Waals surface area contributed by atoms with Crippen LogP contribution >= 0.6 is 11.3 Å². The summed E-state index contributed by atoms with van der Waals surface area (Å²) in [5.74, 6) is 0.778. The minimum atomic E-state index is -0.605. The second-order valence-electron chi connectivity index (χ2n) is 4.66. The van der Waals surface area contributed by atoms with Gasteiger partial charge in [0.2, 0.25) is 5.91 Å². The molecule has 0 bridgehead atoms. The molecule has 3 heterocycles. The monoisotopic (exact) mass is 306 g/mol. The Morgan fingerprint density at radius 1 is 1.62 bits per heavy atom. The van der Waals surface area contributed by atoms with Crippen molar-refractivity contribution >= 4 is 29.1 Å². The molecule has 110 valence electrons.